The molecule has 0 nitrogen and oxygen atoms in total. The van der Waals surface area contributed by atoms with Crippen molar-refractivity contribution in [1.29, 1.82) is 0 Å². The van der Waals surface area contributed by atoms with Crippen molar-refractivity contribution in [2.75, 3.05) is 0 Å². The summed E-state index contributed by atoms with van der Waals surface area (Å²) >= 11 is 1.88. The number of fused-ring (bicyclic) bond motifs is 4. The molecule has 0 spiro atoms. The van der Waals surface area contributed by atoms with Gasteiger partial charge in [-0.25, -0.2) is 0 Å². The van der Waals surface area contributed by atoms with Crippen LogP contribution in [0, 0.1) is 13.8 Å². The average Bonchev–Trinajstić information content (AvgIpc) is 3.32. The Labute approximate surface area is 233 Å². The van der Waals surface area contributed by atoms with E-state index >= 15 is 0 Å². The molecule has 186 valence electrons. The van der Waals surface area contributed by atoms with Gasteiger partial charge >= 0.3 is 0 Å². The smallest absolute Gasteiger partial charge is 0.0361 e. The highest BCUT2D eigenvalue weighted by Crippen LogP contribution is 2.39. The van der Waals surface area contributed by atoms with E-state index in [9.17, 15) is 0 Å². The van der Waals surface area contributed by atoms with Crippen LogP contribution in [0.4, 0.5) is 0 Å². The topological polar surface area (TPSA) is 0 Å². The molecule has 0 aliphatic carbocycles. The summed E-state index contributed by atoms with van der Waals surface area (Å²) in [6, 6.07) is 46.6. The van der Waals surface area contributed by atoms with Crippen molar-refractivity contribution in [2.45, 2.75) is 13.8 Å². The Morgan fingerprint density at radius 3 is 1.97 bits per heavy atom. The van der Waals surface area contributed by atoms with Gasteiger partial charge in [0.15, 0.2) is 0 Å². The van der Waals surface area contributed by atoms with E-state index in [0.29, 0.717) is 0 Å². The van der Waals surface area contributed by atoms with Gasteiger partial charge in [-0.1, -0.05) is 97.1 Å². The van der Waals surface area contributed by atoms with E-state index in [4.69, 9.17) is 0 Å². The van der Waals surface area contributed by atoms with E-state index in [2.05, 4.69) is 147 Å². The first kappa shape index (κ1) is 23.6. The summed E-state index contributed by atoms with van der Waals surface area (Å²) < 4.78 is 2.67. The second-order valence-electron chi connectivity index (χ2n) is 10.3. The number of aryl methyl sites for hydroxylation is 2. The SMILES string of the molecule is Cc1ccccc1-c1cc(/C(=C\c2ccccc2)c2ccc3sc4cc5ccccc5cc4c3c2)ccc1C. The summed E-state index contributed by atoms with van der Waals surface area (Å²) in [7, 11) is 0. The molecule has 0 atom stereocenters. The van der Waals surface area contributed by atoms with Gasteiger partial charge in [-0.2, -0.15) is 0 Å². The molecule has 0 amide bonds. The number of thiophene rings is 1. The molecule has 0 bridgehead atoms. The highest BCUT2D eigenvalue weighted by molar-refractivity contribution is 7.25. The monoisotopic (exact) mass is 516 g/mol. The lowest BCUT2D eigenvalue weighted by Crippen LogP contribution is -1.93. The molecular formula is C38H28S. The normalized spacial score (nSPS) is 12.0. The molecule has 0 N–H and O–H groups in total. The van der Waals surface area contributed by atoms with Crippen LogP contribution in [0.25, 0.3) is 53.7 Å². The maximum absolute atomic E-state index is 2.39. The van der Waals surface area contributed by atoms with Crippen molar-refractivity contribution < 1.29 is 0 Å². The summed E-state index contributed by atoms with van der Waals surface area (Å²) in [5.74, 6) is 0. The molecule has 0 saturated heterocycles. The lowest BCUT2D eigenvalue weighted by molar-refractivity contribution is 1.40. The first-order valence-corrected chi connectivity index (χ1v) is 14.2. The molecule has 0 saturated carbocycles. The Morgan fingerprint density at radius 2 is 1.15 bits per heavy atom. The third-order valence-electron chi connectivity index (χ3n) is 7.74. The van der Waals surface area contributed by atoms with Crippen molar-refractivity contribution in [1.82, 2.24) is 0 Å². The predicted molar refractivity (Wildman–Crippen MR) is 172 cm³/mol. The Bertz CT molecular complexity index is 2020. The highest BCUT2D eigenvalue weighted by atomic mass is 32.1. The first-order valence-electron chi connectivity index (χ1n) is 13.4. The Kier molecular flexibility index (Phi) is 5.87. The first-order chi connectivity index (χ1) is 19.1. The van der Waals surface area contributed by atoms with Crippen LogP contribution in [0.5, 0.6) is 0 Å². The van der Waals surface area contributed by atoms with Gasteiger partial charge in [0.1, 0.15) is 0 Å². The van der Waals surface area contributed by atoms with Crippen molar-refractivity contribution in [3.8, 4) is 11.1 Å². The second-order valence-corrected chi connectivity index (χ2v) is 11.4. The van der Waals surface area contributed by atoms with Crippen LogP contribution < -0.4 is 0 Å². The molecule has 7 aromatic rings. The third kappa shape index (κ3) is 4.35. The molecular weight excluding hydrogens is 488 g/mol. The third-order valence-corrected chi connectivity index (χ3v) is 8.88. The fourth-order valence-electron chi connectivity index (χ4n) is 5.63. The van der Waals surface area contributed by atoms with E-state index in [0.717, 1.165) is 0 Å². The number of hydrogen-bond donors (Lipinski definition) is 0. The van der Waals surface area contributed by atoms with Gasteiger partial charge in [0.2, 0.25) is 0 Å². The van der Waals surface area contributed by atoms with Crippen LogP contribution in [0.1, 0.15) is 27.8 Å². The zero-order valence-electron chi connectivity index (χ0n) is 22.1. The van der Waals surface area contributed by atoms with Crippen molar-refractivity contribution in [3.05, 3.63) is 155 Å². The van der Waals surface area contributed by atoms with Crippen molar-refractivity contribution in [3.63, 3.8) is 0 Å². The van der Waals surface area contributed by atoms with Crippen LogP contribution in [-0.4, -0.2) is 0 Å². The maximum atomic E-state index is 2.39. The van der Waals surface area contributed by atoms with Crippen LogP contribution in [0.3, 0.4) is 0 Å². The molecule has 0 unspecified atom stereocenters. The molecule has 0 aliphatic heterocycles. The van der Waals surface area contributed by atoms with Gasteiger partial charge in [0.25, 0.3) is 0 Å². The molecule has 6 aromatic carbocycles. The quantitative estimate of drug-likeness (QED) is 0.204. The highest BCUT2D eigenvalue weighted by Gasteiger charge is 2.14. The zero-order chi connectivity index (χ0) is 26.3. The fourth-order valence-corrected chi connectivity index (χ4v) is 6.75. The molecule has 1 aromatic heterocycles. The van der Waals surface area contributed by atoms with Gasteiger partial charge in [-0.15, -0.1) is 11.3 Å². The summed E-state index contributed by atoms with van der Waals surface area (Å²) in [4.78, 5) is 0. The van der Waals surface area contributed by atoms with Crippen LogP contribution in [0.2, 0.25) is 0 Å². The van der Waals surface area contributed by atoms with Crippen LogP contribution in [-0.2, 0) is 0 Å². The Hall–Kier alpha value is -4.46. The molecule has 1 heterocycles. The lowest BCUT2D eigenvalue weighted by atomic mass is 9.89. The summed E-state index contributed by atoms with van der Waals surface area (Å²) in [5, 5.41) is 5.24. The maximum Gasteiger partial charge on any atom is 0.0361 e. The van der Waals surface area contributed by atoms with Crippen LogP contribution >= 0.6 is 11.3 Å². The standard InChI is InChI=1S/C38H28S/c1-25-10-6-9-15-32(25)33-22-30(17-16-26(33)2)34(20-27-11-4-3-5-12-27)31-18-19-37-35(23-31)36-21-28-13-7-8-14-29(28)24-38(36)39-37/h3-24H,1-2H3/b34-20+. The fraction of sp³-hybridized carbons (Fsp3) is 0.0526. The predicted octanol–water partition coefficient (Wildman–Crippen LogP) is 11.1. The van der Waals surface area contributed by atoms with Crippen LogP contribution in [0.15, 0.2) is 127 Å². The van der Waals surface area contributed by atoms with E-state index in [-0.39, 0.29) is 0 Å². The van der Waals surface area contributed by atoms with Gasteiger partial charge in [-0.05, 0) is 106 Å². The number of hydrogen-bond acceptors (Lipinski definition) is 1. The van der Waals surface area contributed by atoms with Crippen molar-refractivity contribution >= 4 is 53.9 Å². The van der Waals surface area contributed by atoms with Gasteiger partial charge in [0.05, 0.1) is 0 Å². The molecule has 0 aliphatic rings. The van der Waals surface area contributed by atoms with E-state index in [1.165, 1.54) is 75.5 Å². The lowest BCUT2D eigenvalue weighted by Gasteiger charge is -2.15. The van der Waals surface area contributed by atoms with Gasteiger partial charge in [0, 0.05) is 20.2 Å². The largest absolute Gasteiger partial charge is 0.135 e. The average molecular weight is 517 g/mol. The van der Waals surface area contributed by atoms with E-state index < -0.39 is 0 Å². The summed E-state index contributed by atoms with van der Waals surface area (Å²) in [6.45, 7) is 4.40. The molecule has 39 heavy (non-hydrogen) atoms. The Morgan fingerprint density at radius 1 is 0.513 bits per heavy atom. The van der Waals surface area contributed by atoms with E-state index in [1.807, 2.05) is 11.3 Å². The second kappa shape index (κ2) is 9.69. The number of benzene rings is 6. The summed E-state index contributed by atoms with van der Waals surface area (Å²) in [5.41, 5.74) is 10.1. The molecule has 7 rings (SSSR count). The zero-order valence-corrected chi connectivity index (χ0v) is 22.9. The minimum absolute atomic E-state index is 1.20. The minimum atomic E-state index is 1.20. The minimum Gasteiger partial charge on any atom is -0.135 e. The van der Waals surface area contributed by atoms with Crippen molar-refractivity contribution in [2.24, 2.45) is 0 Å². The molecule has 1 heteroatoms. The van der Waals surface area contributed by atoms with Gasteiger partial charge in [-0.3, -0.25) is 0 Å². The van der Waals surface area contributed by atoms with Gasteiger partial charge < -0.3 is 0 Å². The van der Waals surface area contributed by atoms with E-state index in [1.54, 1.807) is 0 Å². The number of rotatable bonds is 4. The molecule has 0 radical (unpaired) electrons. The Balaban J connectivity index is 1.45. The molecule has 0 fully saturated rings. The summed E-state index contributed by atoms with van der Waals surface area (Å²) in [6.07, 6.45) is 2.33.